The Kier molecular flexibility index (Phi) is 5.32. The minimum absolute atomic E-state index is 0.00115. The Morgan fingerprint density at radius 3 is 2.91 bits per heavy atom. The fourth-order valence-electron chi connectivity index (χ4n) is 4.66. The number of hydrogen-bond donors (Lipinski definition) is 2. The molecule has 1 aromatic carbocycles. The van der Waals surface area contributed by atoms with Crippen LogP contribution in [0.5, 0.6) is 0 Å². The van der Waals surface area contributed by atoms with E-state index in [0.717, 1.165) is 23.6 Å². The van der Waals surface area contributed by atoms with E-state index in [1.165, 1.54) is 6.07 Å². The quantitative estimate of drug-likeness (QED) is 0.636. The molecule has 170 valence electrons. The summed E-state index contributed by atoms with van der Waals surface area (Å²) in [5.74, 6) is -0.526. The second-order valence-corrected chi connectivity index (χ2v) is 9.16. The third-order valence-corrected chi connectivity index (χ3v) is 6.49. The molecular formula is C24H26N6O3. The summed E-state index contributed by atoms with van der Waals surface area (Å²) in [5, 5.41) is 12.0. The Labute approximate surface area is 191 Å². The lowest BCUT2D eigenvalue weighted by Crippen LogP contribution is -2.49. The third-order valence-electron chi connectivity index (χ3n) is 6.49. The molecule has 3 amide bonds. The minimum Gasteiger partial charge on any atom is -0.350 e. The van der Waals surface area contributed by atoms with Crippen molar-refractivity contribution in [3.8, 4) is 0 Å². The highest BCUT2D eigenvalue weighted by Gasteiger charge is 2.34. The molecule has 9 heteroatoms. The van der Waals surface area contributed by atoms with Crippen molar-refractivity contribution in [2.75, 3.05) is 26.2 Å². The molecule has 4 heterocycles. The van der Waals surface area contributed by atoms with Crippen LogP contribution in [0.1, 0.15) is 51.1 Å². The molecule has 0 radical (unpaired) electrons. The molecule has 2 aliphatic heterocycles. The Hall–Kier alpha value is -3.75. The zero-order valence-corrected chi connectivity index (χ0v) is 18.5. The van der Waals surface area contributed by atoms with Crippen LogP contribution < -0.4 is 10.6 Å². The summed E-state index contributed by atoms with van der Waals surface area (Å²) in [4.78, 5) is 43.8. The molecule has 0 saturated carbocycles. The van der Waals surface area contributed by atoms with Crippen LogP contribution in [0, 0.1) is 5.41 Å². The van der Waals surface area contributed by atoms with Gasteiger partial charge in [0.15, 0.2) is 5.69 Å². The Bertz CT molecular complexity index is 1250. The van der Waals surface area contributed by atoms with E-state index in [9.17, 15) is 14.4 Å². The summed E-state index contributed by atoms with van der Waals surface area (Å²) >= 11 is 0. The second kappa shape index (κ2) is 8.31. The summed E-state index contributed by atoms with van der Waals surface area (Å²) in [5.41, 5.74) is 1.04. The van der Waals surface area contributed by atoms with Crippen molar-refractivity contribution in [1.82, 2.24) is 30.3 Å². The molecule has 0 bridgehead atoms. The molecule has 33 heavy (non-hydrogen) atoms. The van der Waals surface area contributed by atoms with E-state index in [0.29, 0.717) is 44.0 Å². The summed E-state index contributed by atoms with van der Waals surface area (Å²) in [7, 11) is 0. The van der Waals surface area contributed by atoms with E-state index in [2.05, 4.69) is 27.6 Å². The van der Waals surface area contributed by atoms with Gasteiger partial charge in [-0.15, -0.1) is 0 Å². The number of rotatable bonds is 4. The molecule has 2 N–H and O–H groups in total. The number of likely N-dealkylation sites (tertiary alicyclic amines) is 1. The SMILES string of the molecule is CC1(CNC(=O)c2cc3n(n2)CCNC3=O)CCCN(C(=O)c2ccc3cnccc3c2)C1. The van der Waals surface area contributed by atoms with Crippen LogP contribution >= 0.6 is 0 Å². The number of nitrogens with one attached hydrogen (secondary N) is 2. The van der Waals surface area contributed by atoms with Crippen LogP contribution in [0.25, 0.3) is 10.8 Å². The molecule has 9 nitrogen and oxygen atoms in total. The number of carbonyl (C=O) groups excluding carboxylic acids is 3. The number of piperidine rings is 1. The van der Waals surface area contributed by atoms with Crippen LogP contribution in [-0.2, 0) is 6.54 Å². The molecule has 1 atom stereocenters. The normalized spacial score (nSPS) is 20.3. The Balaban J connectivity index is 1.25. The first-order valence-corrected chi connectivity index (χ1v) is 11.2. The van der Waals surface area contributed by atoms with Crippen molar-refractivity contribution in [1.29, 1.82) is 0 Å². The lowest BCUT2D eigenvalue weighted by molar-refractivity contribution is 0.0544. The molecule has 1 saturated heterocycles. The highest BCUT2D eigenvalue weighted by atomic mass is 16.2. The number of benzene rings is 1. The van der Waals surface area contributed by atoms with E-state index in [1.807, 2.05) is 29.2 Å². The maximum atomic E-state index is 13.2. The maximum absolute atomic E-state index is 13.2. The summed E-state index contributed by atoms with van der Waals surface area (Å²) < 4.78 is 1.57. The molecular weight excluding hydrogens is 420 g/mol. The van der Waals surface area contributed by atoms with Crippen LogP contribution in [-0.4, -0.2) is 63.6 Å². The van der Waals surface area contributed by atoms with Gasteiger partial charge in [0, 0.05) is 61.0 Å². The smallest absolute Gasteiger partial charge is 0.271 e. The first-order chi connectivity index (χ1) is 15.9. The maximum Gasteiger partial charge on any atom is 0.271 e. The molecule has 0 aliphatic carbocycles. The van der Waals surface area contributed by atoms with Crippen molar-refractivity contribution in [3.05, 3.63) is 59.7 Å². The van der Waals surface area contributed by atoms with Gasteiger partial charge in [-0.05, 0) is 36.4 Å². The van der Waals surface area contributed by atoms with Gasteiger partial charge < -0.3 is 15.5 Å². The second-order valence-electron chi connectivity index (χ2n) is 9.16. The molecule has 2 aliphatic rings. The van der Waals surface area contributed by atoms with Crippen LogP contribution in [0.15, 0.2) is 42.7 Å². The molecule has 1 unspecified atom stereocenters. The molecule has 3 aromatic rings. The molecule has 0 spiro atoms. The first kappa shape index (κ1) is 21.1. The van der Waals surface area contributed by atoms with E-state index in [1.54, 1.807) is 17.1 Å². The van der Waals surface area contributed by atoms with Gasteiger partial charge in [0.05, 0.1) is 6.54 Å². The van der Waals surface area contributed by atoms with Gasteiger partial charge in [-0.1, -0.05) is 13.0 Å². The van der Waals surface area contributed by atoms with Crippen LogP contribution in [0.2, 0.25) is 0 Å². The average Bonchev–Trinajstić information content (AvgIpc) is 3.28. The number of hydrogen-bond acceptors (Lipinski definition) is 5. The Morgan fingerprint density at radius 1 is 1.18 bits per heavy atom. The summed E-state index contributed by atoms with van der Waals surface area (Å²) in [6.45, 7) is 4.82. The van der Waals surface area contributed by atoms with Gasteiger partial charge in [-0.2, -0.15) is 5.10 Å². The number of carbonyl (C=O) groups is 3. The van der Waals surface area contributed by atoms with E-state index in [-0.39, 0.29) is 28.8 Å². The van der Waals surface area contributed by atoms with Gasteiger partial charge in [-0.3, -0.25) is 24.0 Å². The fraction of sp³-hybridized carbons (Fsp3) is 0.375. The fourth-order valence-corrected chi connectivity index (χ4v) is 4.66. The number of fused-ring (bicyclic) bond motifs is 2. The zero-order chi connectivity index (χ0) is 23.0. The standard InChI is InChI=1S/C24H26N6O3/c1-24(14-27-21(31)19-12-20-22(32)26-8-10-30(20)28-19)6-2-9-29(15-24)23(33)17-3-4-18-13-25-7-5-16(18)11-17/h3-5,7,11-13H,2,6,8-10,14-15H2,1H3,(H,26,32)(H,27,31). The van der Waals surface area contributed by atoms with Crippen molar-refractivity contribution in [2.45, 2.75) is 26.3 Å². The van der Waals surface area contributed by atoms with Gasteiger partial charge in [0.25, 0.3) is 17.7 Å². The van der Waals surface area contributed by atoms with Crippen molar-refractivity contribution >= 4 is 28.5 Å². The number of amides is 3. The van der Waals surface area contributed by atoms with E-state index < -0.39 is 0 Å². The minimum atomic E-state index is -0.308. The monoisotopic (exact) mass is 446 g/mol. The van der Waals surface area contributed by atoms with E-state index in [4.69, 9.17) is 0 Å². The predicted octanol–water partition coefficient (Wildman–Crippen LogP) is 1.85. The molecule has 1 fully saturated rings. The van der Waals surface area contributed by atoms with Crippen molar-refractivity contribution < 1.29 is 14.4 Å². The highest BCUT2D eigenvalue weighted by Crippen LogP contribution is 2.30. The number of aromatic nitrogens is 3. The summed E-state index contributed by atoms with van der Waals surface area (Å²) in [6.07, 6.45) is 5.28. The van der Waals surface area contributed by atoms with Gasteiger partial charge in [0.2, 0.25) is 0 Å². The zero-order valence-electron chi connectivity index (χ0n) is 18.5. The van der Waals surface area contributed by atoms with Crippen LogP contribution in [0.3, 0.4) is 0 Å². The van der Waals surface area contributed by atoms with Gasteiger partial charge in [-0.25, -0.2) is 0 Å². The lowest BCUT2D eigenvalue weighted by Gasteiger charge is -2.40. The van der Waals surface area contributed by atoms with E-state index >= 15 is 0 Å². The van der Waals surface area contributed by atoms with Gasteiger partial charge in [0.1, 0.15) is 5.69 Å². The Morgan fingerprint density at radius 2 is 2.06 bits per heavy atom. The average molecular weight is 447 g/mol. The summed E-state index contributed by atoms with van der Waals surface area (Å²) in [6, 6.07) is 9.10. The number of nitrogens with zero attached hydrogens (tertiary/aromatic N) is 4. The molecule has 2 aromatic heterocycles. The molecule has 5 rings (SSSR count). The largest absolute Gasteiger partial charge is 0.350 e. The van der Waals surface area contributed by atoms with Crippen molar-refractivity contribution in [3.63, 3.8) is 0 Å². The topological polar surface area (TPSA) is 109 Å². The first-order valence-electron chi connectivity index (χ1n) is 11.2. The van der Waals surface area contributed by atoms with Gasteiger partial charge >= 0.3 is 0 Å². The lowest BCUT2D eigenvalue weighted by atomic mass is 9.81. The third kappa shape index (κ3) is 4.18. The highest BCUT2D eigenvalue weighted by molar-refractivity contribution is 5.99. The number of pyridine rings is 1. The van der Waals surface area contributed by atoms with Crippen LogP contribution in [0.4, 0.5) is 0 Å². The predicted molar refractivity (Wildman–Crippen MR) is 122 cm³/mol. The van der Waals surface area contributed by atoms with Crippen molar-refractivity contribution in [2.24, 2.45) is 5.41 Å².